The summed E-state index contributed by atoms with van der Waals surface area (Å²) in [5.74, 6) is 1.62. The lowest BCUT2D eigenvalue weighted by atomic mass is 10.1. The Hall–Kier alpha value is -2.91. The van der Waals surface area contributed by atoms with Crippen molar-refractivity contribution in [3.8, 4) is 11.5 Å². The van der Waals surface area contributed by atoms with Gasteiger partial charge in [0.15, 0.2) is 11.5 Å². The van der Waals surface area contributed by atoms with E-state index in [1.165, 1.54) is 13.3 Å². The van der Waals surface area contributed by atoms with Crippen molar-refractivity contribution in [2.24, 2.45) is 0 Å². The maximum Gasteiger partial charge on any atom is 0.251 e. The number of fused-ring (bicyclic) bond motifs is 1. The minimum atomic E-state index is -0.979. The van der Waals surface area contributed by atoms with Crippen molar-refractivity contribution in [3.05, 3.63) is 47.2 Å². The zero-order chi connectivity index (χ0) is 22.7. The number of carbonyl (C=O) groups excluding carboxylic acids is 1. The van der Waals surface area contributed by atoms with E-state index in [1.54, 1.807) is 12.0 Å². The second-order valence-corrected chi connectivity index (χ2v) is 8.61. The van der Waals surface area contributed by atoms with Gasteiger partial charge < -0.3 is 24.8 Å². The van der Waals surface area contributed by atoms with Crippen LogP contribution in [0.15, 0.2) is 47.2 Å². The molecule has 9 heteroatoms. The van der Waals surface area contributed by atoms with Crippen molar-refractivity contribution in [1.82, 2.24) is 14.9 Å². The average Bonchev–Trinajstić information content (AvgIpc) is 2.79. The lowest BCUT2D eigenvalue weighted by molar-refractivity contribution is -0.141. The first kappa shape index (κ1) is 22.3. The minimum absolute atomic E-state index is 0.0551. The summed E-state index contributed by atoms with van der Waals surface area (Å²) >= 11 is 3.48. The number of hydrogen-bond donors (Lipinski definition) is 2. The lowest BCUT2D eigenvalue weighted by Crippen LogP contribution is -2.45. The SMILES string of the molecule is COc1cc2c(Nc3cccc(Br)c3)ncnc2cc1OC1CCN(C(=O)C(C)O)CC1. The van der Waals surface area contributed by atoms with Gasteiger partial charge in [-0.1, -0.05) is 22.0 Å². The highest BCUT2D eigenvalue weighted by Crippen LogP contribution is 2.36. The molecule has 1 atom stereocenters. The lowest BCUT2D eigenvalue weighted by Gasteiger charge is -2.33. The Bertz CT molecular complexity index is 1120. The number of methoxy groups -OCH3 is 1. The van der Waals surface area contributed by atoms with Gasteiger partial charge in [0.05, 0.1) is 12.6 Å². The molecule has 0 saturated carbocycles. The molecule has 2 N–H and O–H groups in total. The van der Waals surface area contributed by atoms with Crippen molar-refractivity contribution in [3.63, 3.8) is 0 Å². The second kappa shape index (κ2) is 9.70. The summed E-state index contributed by atoms with van der Waals surface area (Å²) in [5, 5.41) is 13.7. The second-order valence-electron chi connectivity index (χ2n) is 7.70. The first-order valence-electron chi connectivity index (χ1n) is 10.4. The molecule has 1 aliphatic rings. The summed E-state index contributed by atoms with van der Waals surface area (Å²) in [4.78, 5) is 22.5. The Labute approximate surface area is 194 Å². The monoisotopic (exact) mass is 500 g/mol. The first-order chi connectivity index (χ1) is 15.4. The number of nitrogens with one attached hydrogen (secondary N) is 1. The van der Waals surface area contributed by atoms with Crippen LogP contribution in [-0.4, -0.2) is 58.3 Å². The molecule has 1 saturated heterocycles. The molecule has 0 spiro atoms. The first-order valence-corrected chi connectivity index (χ1v) is 11.2. The van der Waals surface area contributed by atoms with Gasteiger partial charge in [0, 0.05) is 47.5 Å². The number of likely N-dealkylation sites (tertiary alicyclic amines) is 1. The highest BCUT2D eigenvalue weighted by molar-refractivity contribution is 9.10. The molecule has 8 nitrogen and oxygen atoms in total. The number of amides is 1. The molecule has 0 aliphatic carbocycles. The molecule has 32 heavy (non-hydrogen) atoms. The van der Waals surface area contributed by atoms with E-state index in [0.717, 1.165) is 21.1 Å². The number of ether oxygens (including phenoxy) is 2. The highest BCUT2D eigenvalue weighted by atomic mass is 79.9. The van der Waals surface area contributed by atoms with Gasteiger partial charge in [0.2, 0.25) is 0 Å². The third kappa shape index (κ3) is 4.94. The molecule has 1 amide bonds. The van der Waals surface area contributed by atoms with Crippen LogP contribution in [0.3, 0.4) is 0 Å². The van der Waals surface area contributed by atoms with Crippen LogP contribution in [0.2, 0.25) is 0 Å². The number of rotatable bonds is 6. The summed E-state index contributed by atoms with van der Waals surface area (Å²) in [6, 6.07) is 11.6. The van der Waals surface area contributed by atoms with Crippen LogP contribution in [-0.2, 0) is 4.79 Å². The van der Waals surface area contributed by atoms with Gasteiger partial charge >= 0.3 is 0 Å². The summed E-state index contributed by atoms with van der Waals surface area (Å²) in [5.41, 5.74) is 1.63. The highest BCUT2D eigenvalue weighted by Gasteiger charge is 2.27. The van der Waals surface area contributed by atoms with E-state index in [1.807, 2.05) is 36.4 Å². The molecule has 1 aromatic heterocycles. The number of benzene rings is 2. The summed E-state index contributed by atoms with van der Waals surface area (Å²) in [7, 11) is 1.60. The standard InChI is InChI=1S/C23H25BrN4O4/c1-14(29)23(30)28-8-6-17(7-9-28)32-21-12-19-18(11-20(21)31-2)22(26-13-25-19)27-16-5-3-4-15(24)10-16/h3-5,10-14,17,29H,6-9H2,1-2H3,(H,25,26,27). The number of anilines is 2. The number of halogens is 1. The van der Waals surface area contributed by atoms with Crippen LogP contribution in [0, 0.1) is 0 Å². The van der Waals surface area contributed by atoms with Gasteiger partial charge in [-0.05, 0) is 31.2 Å². The van der Waals surface area contributed by atoms with Gasteiger partial charge in [-0.2, -0.15) is 0 Å². The van der Waals surface area contributed by atoms with Gasteiger partial charge in [-0.3, -0.25) is 4.79 Å². The van der Waals surface area contributed by atoms with E-state index in [0.29, 0.717) is 43.2 Å². The molecular formula is C23H25BrN4O4. The number of aliphatic hydroxyl groups is 1. The predicted molar refractivity (Wildman–Crippen MR) is 125 cm³/mol. The number of aromatic nitrogens is 2. The topological polar surface area (TPSA) is 96.8 Å². The Balaban J connectivity index is 1.54. The normalized spacial score (nSPS) is 15.4. The largest absolute Gasteiger partial charge is 0.493 e. The fourth-order valence-electron chi connectivity index (χ4n) is 3.76. The maximum atomic E-state index is 12.0. The number of piperidine rings is 1. The molecule has 168 valence electrons. The molecule has 1 fully saturated rings. The van der Waals surface area contributed by atoms with Crippen molar-refractivity contribution in [1.29, 1.82) is 0 Å². The Morgan fingerprint density at radius 1 is 1.22 bits per heavy atom. The van der Waals surface area contributed by atoms with E-state index in [4.69, 9.17) is 9.47 Å². The van der Waals surface area contributed by atoms with Gasteiger partial charge in [-0.15, -0.1) is 0 Å². The van der Waals surface area contributed by atoms with Crippen molar-refractivity contribution in [2.45, 2.75) is 32.0 Å². The predicted octanol–water partition coefficient (Wildman–Crippen LogP) is 3.90. The van der Waals surface area contributed by atoms with E-state index in [9.17, 15) is 9.90 Å². The van der Waals surface area contributed by atoms with Crippen LogP contribution >= 0.6 is 15.9 Å². The summed E-state index contributed by atoms with van der Waals surface area (Å²) < 4.78 is 12.8. The van der Waals surface area contributed by atoms with Crippen molar-refractivity contribution in [2.75, 3.05) is 25.5 Å². The summed E-state index contributed by atoms with van der Waals surface area (Å²) in [6.45, 7) is 2.59. The summed E-state index contributed by atoms with van der Waals surface area (Å²) in [6.07, 6.45) is 1.84. The molecule has 0 radical (unpaired) electrons. The fraction of sp³-hybridized carbons (Fsp3) is 0.348. The van der Waals surface area contributed by atoms with Crippen LogP contribution in [0.4, 0.5) is 11.5 Å². The van der Waals surface area contributed by atoms with E-state index >= 15 is 0 Å². The zero-order valence-electron chi connectivity index (χ0n) is 17.9. The minimum Gasteiger partial charge on any atom is -0.493 e. The quantitative estimate of drug-likeness (QED) is 0.529. The van der Waals surface area contributed by atoms with E-state index in [-0.39, 0.29) is 12.0 Å². The molecule has 0 bridgehead atoms. The number of aliphatic hydroxyl groups excluding tert-OH is 1. The molecule has 2 heterocycles. The Morgan fingerprint density at radius 2 is 2.00 bits per heavy atom. The van der Waals surface area contributed by atoms with Gasteiger partial charge in [0.1, 0.15) is 24.4 Å². The van der Waals surface area contributed by atoms with Crippen LogP contribution in [0.25, 0.3) is 10.9 Å². The number of hydrogen-bond acceptors (Lipinski definition) is 7. The van der Waals surface area contributed by atoms with Crippen LogP contribution in [0.5, 0.6) is 11.5 Å². The van der Waals surface area contributed by atoms with Crippen molar-refractivity contribution < 1.29 is 19.4 Å². The molecule has 1 aliphatic heterocycles. The number of nitrogens with zero attached hydrogens (tertiary/aromatic N) is 3. The zero-order valence-corrected chi connectivity index (χ0v) is 19.5. The molecule has 1 unspecified atom stereocenters. The molecule has 2 aromatic carbocycles. The van der Waals surface area contributed by atoms with Crippen molar-refractivity contribution >= 4 is 44.2 Å². The Morgan fingerprint density at radius 3 is 2.69 bits per heavy atom. The third-order valence-electron chi connectivity index (χ3n) is 5.41. The average molecular weight is 501 g/mol. The molecule has 4 rings (SSSR count). The van der Waals surface area contributed by atoms with E-state index in [2.05, 4.69) is 31.2 Å². The number of carbonyl (C=O) groups is 1. The Kier molecular flexibility index (Phi) is 6.76. The third-order valence-corrected chi connectivity index (χ3v) is 5.91. The van der Waals surface area contributed by atoms with E-state index < -0.39 is 6.10 Å². The maximum absolute atomic E-state index is 12.0. The van der Waals surface area contributed by atoms with Gasteiger partial charge in [0.25, 0.3) is 5.91 Å². The molecule has 3 aromatic rings. The fourth-order valence-corrected chi connectivity index (χ4v) is 4.16. The molecular weight excluding hydrogens is 476 g/mol. The van der Waals surface area contributed by atoms with Gasteiger partial charge in [-0.25, -0.2) is 9.97 Å². The smallest absolute Gasteiger partial charge is 0.251 e. The van der Waals surface area contributed by atoms with Crippen LogP contribution < -0.4 is 14.8 Å². The van der Waals surface area contributed by atoms with Crippen LogP contribution in [0.1, 0.15) is 19.8 Å².